The first kappa shape index (κ1) is 31.4. The van der Waals surface area contributed by atoms with E-state index in [4.69, 9.17) is 4.28 Å². The van der Waals surface area contributed by atoms with E-state index in [1.54, 1.807) is 0 Å². The molecule has 1 aliphatic carbocycles. The van der Waals surface area contributed by atoms with Crippen LogP contribution in [0.25, 0.3) is 27.9 Å². The van der Waals surface area contributed by atoms with Gasteiger partial charge in [-0.25, -0.2) is 0 Å². The number of allylic oxidation sites excluding steroid dienone is 1. The van der Waals surface area contributed by atoms with E-state index in [0.717, 1.165) is 33.1 Å². The van der Waals surface area contributed by atoms with Crippen molar-refractivity contribution in [3.05, 3.63) is 88.5 Å². The Labute approximate surface area is 257 Å². The number of ketones is 1. The second kappa shape index (κ2) is 11.8. The first-order valence-corrected chi connectivity index (χ1v) is 20.7. The molecule has 0 N–H and O–H groups in total. The molecular weight excluding hydrogens is 573 g/mol. The van der Waals surface area contributed by atoms with Gasteiger partial charge in [-0.1, -0.05) is 66.4 Å². The van der Waals surface area contributed by atoms with Crippen molar-refractivity contribution in [2.24, 2.45) is 0 Å². The number of carbonyl (C=O) groups is 1. The Hall–Kier alpha value is -3.04. The van der Waals surface area contributed by atoms with Crippen LogP contribution in [-0.4, -0.2) is 56.9 Å². The lowest BCUT2D eigenvalue weighted by Crippen LogP contribution is -2.49. The minimum Gasteiger partial charge on any atom is -0.340 e. The fourth-order valence-corrected chi connectivity index (χ4v) is 10.5. The lowest BCUT2D eigenvalue weighted by Gasteiger charge is -2.30. The van der Waals surface area contributed by atoms with Crippen LogP contribution in [-0.2, 0) is 20.9 Å². The predicted octanol–water partition coefficient (Wildman–Crippen LogP) is 7.87. The molecule has 0 saturated heterocycles. The highest BCUT2D eigenvalue weighted by atomic mass is 32.2. The van der Waals surface area contributed by atoms with E-state index in [1.807, 2.05) is 39.0 Å². The average Bonchev–Trinajstić information content (AvgIpc) is 3.44. The molecular formula is C35H45N2O4SSi+. The number of hydrogen-bond donors (Lipinski definition) is 0. The summed E-state index contributed by atoms with van der Waals surface area (Å²) < 4.78 is 34.0. The first-order valence-electron chi connectivity index (χ1n) is 15.5. The Morgan fingerprint density at radius 3 is 2.30 bits per heavy atom. The molecule has 1 aromatic heterocycles. The van der Waals surface area contributed by atoms with Crippen molar-refractivity contribution >= 4 is 51.9 Å². The van der Waals surface area contributed by atoms with Gasteiger partial charge in [0.25, 0.3) is 0 Å². The molecule has 1 unspecified atom stereocenters. The fraction of sp³-hybridized carbons (Fsp3) is 0.400. The number of hydroxylamine groups is 3. The van der Waals surface area contributed by atoms with Gasteiger partial charge in [-0.15, -0.1) is 0 Å². The van der Waals surface area contributed by atoms with Crippen molar-refractivity contribution in [2.75, 3.05) is 25.4 Å². The topological polar surface area (TPSA) is 65.4 Å². The second-order valence-corrected chi connectivity index (χ2v) is 19.9. The number of aryl methyl sites for hydroxylation is 2. The first-order chi connectivity index (χ1) is 20.3. The Balaban J connectivity index is 1.51. The van der Waals surface area contributed by atoms with E-state index < -0.39 is 18.2 Å². The van der Waals surface area contributed by atoms with E-state index in [2.05, 4.69) is 79.7 Å². The lowest BCUT2D eigenvalue weighted by atomic mass is 10.0. The van der Waals surface area contributed by atoms with Crippen LogP contribution in [0.15, 0.2) is 66.2 Å². The summed E-state index contributed by atoms with van der Waals surface area (Å²) in [5.74, 6) is 0.104. The van der Waals surface area contributed by atoms with Crippen molar-refractivity contribution < 1.29 is 22.1 Å². The molecule has 3 aromatic carbocycles. The zero-order valence-corrected chi connectivity index (χ0v) is 28.4. The number of carbonyl (C=O) groups excluding carboxylic acids is 1. The molecule has 0 amide bonds. The smallest absolute Gasteiger partial charge is 0.314 e. The van der Waals surface area contributed by atoms with Gasteiger partial charge >= 0.3 is 10.1 Å². The standard InChI is InChI=1S/C35H45N2O4SSi/c1-8-37(9-2,10-3)41-42(39,40)22-14-21-36-31-20-19-26(23-29(31)33-25(4)15-13-18-32(33)36)24-30-34(38)27-16-11-12-17-28(27)35(30)43(5,6)7/h11-13,15-20,23-24,35H,8-10,14,21-22H2,1-7H3/q+1/b30-24+. The maximum Gasteiger partial charge on any atom is 0.314 e. The largest absolute Gasteiger partial charge is 0.340 e. The number of nitrogens with zero attached hydrogens (tertiary/aromatic N) is 2. The maximum absolute atomic E-state index is 13.6. The summed E-state index contributed by atoms with van der Waals surface area (Å²) in [6.07, 6.45) is 2.55. The summed E-state index contributed by atoms with van der Waals surface area (Å²) in [5.41, 5.74) is 7.38. The summed E-state index contributed by atoms with van der Waals surface area (Å²) in [4.78, 5) is 13.6. The van der Waals surface area contributed by atoms with Crippen molar-refractivity contribution in [2.45, 2.75) is 65.8 Å². The SMILES string of the molecule is CC[N+](CC)(CC)OS(=O)(=O)CCCn1c2ccc(/C=C3\C(=O)c4ccccc4C3[Si](C)(C)C)cc2c2c(C)cccc21. The molecule has 1 aliphatic rings. The third kappa shape index (κ3) is 5.90. The zero-order valence-electron chi connectivity index (χ0n) is 26.6. The molecule has 0 saturated carbocycles. The third-order valence-electron chi connectivity index (χ3n) is 9.18. The van der Waals surface area contributed by atoms with Gasteiger partial charge in [0.15, 0.2) is 5.78 Å². The summed E-state index contributed by atoms with van der Waals surface area (Å²) >= 11 is 0. The van der Waals surface area contributed by atoms with Crippen LogP contribution in [0, 0.1) is 6.92 Å². The molecule has 0 radical (unpaired) electrons. The summed E-state index contributed by atoms with van der Waals surface area (Å²) in [5, 5.41) is 2.28. The van der Waals surface area contributed by atoms with Gasteiger partial charge in [-0.05, 0) is 75.1 Å². The van der Waals surface area contributed by atoms with Gasteiger partial charge < -0.3 is 4.57 Å². The summed E-state index contributed by atoms with van der Waals surface area (Å²) in [6.45, 7) is 17.4. The third-order valence-corrected chi connectivity index (χ3v) is 12.9. The molecule has 1 atom stereocenters. The number of aromatic nitrogens is 1. The molecule has 6 nitrogen and oxygen atoms in total. The van der Waals surface area contributed by atoms with Crippen molar-refractivity contribution in [3.8, 4) is 0 Å². The molecule has 43 heavy (non-hydrogen) atoms. The molecule has 1 heterocycles. The minimum absolute atomic E-state index is 0.0368. The molecule has 0 spiro atoms. The van der Waals surface area contributed by atoms with Crippen molar-refractivity contribution in [1.82, 2.24) is 4.57 Å². The quantitative estimate of drug-likeness (QED) is 0.0744. The number of fused-ring (bicyclic) bond motifs is 4. The number of benzene rings is 3. The lowest BCUT2D eigenvalue weighted by molar-refractivity contribution is -1.08. The van der Waals surface area contributed by atoms with Gasteiger partial charge in [0.2, 0.25) is 0 Å². The van der Waals surface area contributed by atoms with Crippen LogP contribution >= 0.6 is 0 Å². The molecule has 0 bridgehead atoms. The van der Waals surface area contributed by atoms with Crippen LogP contribution < -0.4 is 0 Å². The summed E-state index contributed by atoms with van der Waals surface area (Å²) in [6, 6.07) is 20.8. The van der Waals surface area contributed by atoms with Crippen LogP contribution in [0.5, 0.6) is 0 Å². The number of hydrogen-bond acceptors (Lipinski definition) is 4. The minimum atomic E-state index is -3.69. The van der Waals surface area contributed by atoms with E-state index >= 15 is 0 Å². The average molecular weight is 618 g/mol. The molecule has 5 rings (SSSR count). The van der Waals surface area contributed by atoms with Gasteiger partial charge in [0, 0.05) is 45.0 Å². The molecule has 8 heteroatoms. The zero-order chi connectivity index (χ0) is 31.2. The van der Waals surface area contributed by atoms with Crippen LogP contribution in [0.3, 0.4) is 0 Å². The number of Topliss-reactive ketones (excluding diaryl/α,β-unsaturated/α-hetero) is 1. The molecule has 0 aliphatic heterocycles. The molecule has 228 valence electrons. The van der Waals surface area contributed by atoms with Crippen molar-refractivity contribution in [1.29, 1.82) is 0 Å². The molecule has 0 fully saturated rings. The van der Waals surface area contributed by atoms with E-state index in [1.165, 1.54) is 16.5 Å². The Bertz CT molecular complexity index is 1820. The van der Waals surface area contributed by atoms with Crippen LogP contribution in [0.2, 0.25) is 19.6 Å². The van der Waals surface area contributed by atoms with Crippen molar-refractivity contribution in [3.63, 3.8) is 0 Å². The Kier molecular flexibility index (Phi) is 8.61. The number of quaternary nitrogens is 1. The number of rotatable bonds is 11. The Morgan fingerprint density at radius 1 is 0.930 bits per heavy atom. The highest BCUT2D eigenvalue weighted by Gasteiger charge is 2.42. The van der Waals surface area contributed by atoms with Gasteiger partial charge in [0.05, 0.1) is 13.8 Å². The van der Waals surface area contributed by atoms with Gasteiger partial charge in [-0.2, -0.15) is 13.1 Å². The monoisotopic (exact) mass is 617 g/mol. The maximum atomic E-state index is 13.6. The fourth-order valence-electron chi connectivity index (χ4n) is 6.85. The van der Waals surface area contributed by atoms with Gasteiger partial charge in [-0.3, -0.25) is 4.79 Å². The molecule has 4 aromatic rings. The van der Waals surface area contributed by atoms with E-state index in [-0.39, 0.29) is 21.7 Å². The second-order valence-electron chi connectivity index (χ2n) is 12.9. The Morgan fingerprint density at radius 2 is 1.63 bits per heavy atom. The normalized spacial score (nSPS) is 17.0. The van der Waals surface area contributed by atoms with Gasteiger partial charge in [0.1, 0.15) is 19.6 Å². The van der Waals surface area contributed by atoms with Crippen LogP contribution in [0.4, 0.5) is 0 Å². The highest BCUT2D eigenvalue weighted by molar-refractivity contribution is 7.86. The summed E-state index contributed by atoms with van der Waals surface area (Å²) in [7, 11) is -5.43. The predicted molar refractivity (Wildman–Crippen MR) is 180 cm³/mol. The van der Waals surface area contributed by atoms with E-state index in [9.17, 15) is 13.2 Å². The van der Waals surface area contributed by atoms with Crippen LogP contribution in [0.1, 0.15) is 59.8 Å². The highest BCUT2D eigenvalue weighted by Crippen LogP contribution is 2.44. The van der Waals surface area contributed by atoms with E-state index in [0.29, 0.717) is 32.6 Å².